The Hall–Kier alpha value is -1.15. The molecule has 1 aliphatic rings. The molecule has 0 N–H and O–H groups in total. The lowest BCUT2D eigenvalue weighted by molar-refractivity contribution is -0.126. The molecule has 0 amide bonds. The fourth-order valence-electron chi connectivity index (χ4n) is 2.47. The molecule has 1 aromatic rings. The molecule has 2 rings (SSSR count). The van der Waals surface area contributed by atoms with Crippen LogP contribution < -0.4 is 0 Å². The first kappa shape index (κ1) is 12.3. The van der Waals surface area contributed by atoms with Crippen molar-refractivity contribution in [3.05, 3.63) is 35.9 Å². The number of hydrogen-bond donors (Lipinski definition) is 0. The summed E-state index contributed by atoms with van der Waals surface area (Å²) in [6, 6.07) is 10.6. The van der Waals surface area contributed by atoms with Gasteiger partial charge in [-0.2, -0.15) is 0 Å². The topological polar surface area (TPSA) is 20.3 Å². The van der Waals surface area contributed by atoms with Crippen LogP contribution in [0.15, 0.2) is 30.3 Å². The molecule has 0 aliphatic carbocycles. The van der Waals surface area contributed by atoms with E-state index < -0.39 is 0 Å². The maximum absolute atomic E-state index is 11.6. The monoisotopic (exact) mass is 231 g/mol. The first-order valence-electron chi connectivity index (χ1n) is 6.58. The lowest BCUT2D eigenvalue weighted by Crippen LogP contribution is -2.41. The number of ketones is 1. The third-order valence-electron chi connectivity index (χ3n) is 3.66. The van der Waals surface area contributed by atoms with Crippen molar-refractivity contribution in [3.63, 3.8) is 0 Å². The summed E-state index contributed by atoms with van der Waals surface area (Å²) >= 11 is 0. The number of hydrogen-bond acceptors (Lipinski definition) is 2. The summed E-state index contributed by atoms with van der Waals surface area (Å²) < 4.78 is 0. The van der Waals surface area contributed by atoms with Crippen molar-refractivity contribution in [1.29, 1.82) is 0 Å². The zero-order chi connectivity index (χ0) is 12.1. The highest BCUT2D eigenvalue weighted by molar-refractivity contribution is 5.82. The maximum atomic E-state index is 11.6. The third-order valence-corrected chi connectivity index (χ3v) is 3.66. The summed E-state index contributed by atoms with van der Waals surface area (Å²) in [4.78, 5) is 14.1. The Bertz CT molecular complexity index is 360. The maximum Gasteiger partial charge on any atom is 0.138 e. The van der Waals surface area contributed by atoms with Gasteiger partial charge in [0.05, 0.1) is 0 Å². The van der Waals surface area contributed by atoms with Crippen LogP contribution in [0.1, 0.15) is 25.3 Å². The SMILES string of the molecule is CC[C@@H]1CN(CCc2ccccc2)CCC1=O. The van der Waals surface area contributed by atoms with Gasteiger partial charge >= 0.3 is 0 Å². The normalized spacial score (nSPS) is 21.7. The molecule has 0 saturated carbocycles. The average Bonchev–Trinajstić information content (AvgIpc) is 2.39. The Kier molecular flexibility index (Phi) is 4.32. The minimum atomic E-state index is 0.277. The van der Waals surface area contributed by atoms with Gasteiger partial charge in [0, 0.05) is 32.0 Å². The van der Waals surface area contributed by atoms with Gasteiger partial charge in [0.1, 0.15) is 5.78 Å². The summed E-state index contributed by atoms with van der Waals surface area (Å²) in [6.07, 6.45) is 2.82. The molecular weight excluding hydrogens is 210 g/mol. The summed E-state index contributed by atoms with van der Waals surface area (Å²) in [5.74, 6) is 0.739. The van der Waals surface area contributed by atoms with Crippen molar-refractivity contribution in [2.45, 2.75) is 26.2 Å². The Morgan fingerprint density at radius 1 is 1.29 bits per heavy atom. The van der Waals surface area contributed by atoms with Gasteiger partial charge < -0.3 is 4.90 Å². The predicted molar refractivity (Wildman–Crippen MR) is 70.0 cm³/mol. The molecule has 17 heavy (non-hydrogen) atoms. The van der Waals surface area contributed by atoms with Crippen LogP contribution in [0.4, 0.5) is 0 Å². The van der Waals surface area contributed by atoms with E-state index in [1.54, 1.807) is 0 Å². The summed E-state index contributed by atoms with van der Waals surface area (Å²) in [5, 5.41) is 0. The number of benzene rings is 1. The van der Waals surface area contributed by atoms with Crippen LogP contribution in [0, 0.1) is 5.92 Å². The van der Waals surface area contributed by atoms with E-state index in [0.717, 1.165) is 38.9 Å². The molecular formula is C15H21NO. The highest BCUT2D eigenvalue weighted by Crippen LogP contribution is 2.16. The Morgan fingerprint density at radius 2 is 2.06 bits per heavy atom. The molecule has 0 unspecified atom stereocenters. The molecule has 2 heteroatoms. The largest absolute Gasteiger partial charge is 0.302 e. The van der Waals surface area contributed by atoms with Crippen LogP contribution in [-0.4, -0.2) is 30.3 Å². The van der Waals surface area contributed by atoms with Gasteiger partial charge in [0.2, 0.25) is 0 Å². The van der Waals surface area contributed by atoms with Gasteiger partial charge in [-0.15, -0.1) is 0 Å². The molecule has 2 nitrogen and oxygen atoms in total. The molecule has 0 spiro atoms. The number of Topliss-reactive ketones (excluding diaryl/α,β-unsaturated/α-hetero) is 1. The lowest BCUT2D eigenvalue weighted by atomic mass is 9.94. The second kappa shape index (κ2) is 5.97. The van der Waals surface area contributed by atoms with Crippen LogP contribution >= 0.6 is 0 Å². The second-order valence-corrected chi connectivity index (χ2v) is 4.86. The number of likely N-dealkylation sites (tertiary alicyclic amines) is 1. The third kappa shape index (κ3) is 3.40. The van der Waals surface area contributed by atoms with Crippen molar-refractivity contribution in [1.82, 2.24) is 4.90 Å². The zero-order valence-corrected chi connectivity index (χ0v) is 10.6. The minimum absolute atomic E-state index is 0.277. The predicted octanol–water partition coefficient (Wildman–Crippen LogP) is 2.53. The first-order chi connectivity index (χ1) is 8.29. The number of nitrogens with zero attached hydrogens (tertiary/aromatic N) is 1. The van der Waals surface area contributed by atoms with E-state index >= 15 is 0 Å². The van der Waals surface area contributed by atoms with Crippen LogP contribution in [-0.2, 0) is 11.2 Å². The number of carbonyl (C=O) groups excluding carboxylic acids is 1. The van der Waals surface area contributed by atoms with E-state index in [4.69, 9.17) is 0 Å². The van der Waals surface area contributed by atoms with E-state index in [0.29, 0.717) is 5.78 Å². The Morgan fingerprint density at radius 3 is 2.76 bits per heavy atom. The highest BCUT2D eigenvalue weighted by atomic mass is 16.1. The smallest absolute Gasteiger partial charge is 0.138 e. The fraction of sp³-hybridized carbons (Fsp3) is 0.533. The Balaban J connectivity index is 1.82. The molecule has 1 saturated heterocycles. The van der Waals surface area contributed by atoms with Gasteiger partial charge in [-0.1, -0.05) is 37.3 Å². The van der Waals surface area contributed by atoms with Crippen LogP contribution in [0.25, 0.3) is 0 Å². The van der Waals surface area contributed by atoms with Crippen LogP contribution in [0.3, 0.4) is 0 Å². The van der Waals surface area contributed by atoms with E-state index in [9.17, 15) is 4.79 Å². The zero-order valence-electron chi connectivity index (χ0n) is 10.6. The van der Waals surface area contributed by atoms with E-state index in [-0.39, 0.29) is 5.92 Å². The Labute approximate surface area is 104 Å². The van der Waals surface area contributed by atoms with Crippen LogP contribution in [0.2, 0.25) is 0 Å². The fourth-order valence-corrected chi connectivity index (χ4v) is 2.47. The average molecular weight is 231 g/mol. The first-order valence-corrected chi connectivity index (χ1v) is 6.58. The van der Waals surface area contributed by atoms with E-state index in [2.05, 4.69) is 42.2 Å². The van der Waals surface area contributed by atoms with Crippen molar-refractivity contribution in [2.24, 2.45) is 5.92 Å². The van der Waals surface area contributed by atoms with E-state index in [1.165, 1.54) is 5.56 Å². The molecule has 1 heterocycles. The van der Waals surface area contributed by atoms with Gasteiger partial charge in [-0.3, -0.25) is 4.79 Å². The molecule has 1 aliphatic heterocycles. The van der Waals surface area contributed by atoms with Gasteiger partial charge in [0.25, 0.3) is 0 Å². The molecule has 1 atom stereocenters. The number of piperidine rings is 1. The highest BCUT2D eigenvalue weighted by Gasteiger charge is 2.24. The van der Waals surface area contributed by atoms with Gasteiger partial charge in [-0.25, -0.2) is 0 Å². The minimum Gasteiger partial charge on any atom is -0.302 e. The molecule has 0 bridgehead atoms. The summed E-state index contributed by atoms with van der Waals surface area (Å²) in [6.45, 7) is 5.10. The van der Waals surface area contributed by atoms with Gasteiger partial charge in [-0.05, 0) is 18.4 Å². The van der Waals surface area contributed by atoms with Crippen molar-refractivity contribution in [3.8, 4) is 0 Å². The van der Waals surface area contributed by atoms with Crippen molar-refractivity contribution >= 4 is 5.78 Å². The summed E-state index contributed by atoms with van der Waals surface area (Å²) in [7, 11) is 0. The van der Waals surface area contributed by atoms with E-state index in [1.807, 2.05) is 0 Å². The number of rotatable bonds is 4. The van der Waals surface area contributed by atoms with Crippen molar-refractivity contribution in [2.75, 3.05) is 19.6 Å². The molecule has 1 aromatic carbocycles. The van der Waals surface area contributed by atoms with Crippen LogP contribution in [0.5, 0.6) is 0 Å². The molecule has 0 aromatic heterocycles. The standard InChI is InChI=1S/C15H21NO/c1-2-14-12-16(11-9-15(14)17)10-8-13-6-4-3-5-7-13/h3-7,14H,2,8-12H2,1H3/t14-/m1/s1. The molecule has 1 fully saturated rings. The van der Waals surface area contributed by atoms with Gasteiger partial charge in [0.15, 0.2) is 0 Å². The molecule has 0 radical (unpaired) electrons. The van der Waals surface area contributed by atoms with Crippen molar-refractivity contribution < 1.29 is 4.79 Å². The molecule has 92 valence electrons. The summed E-state index contributed by atoms with van der Waals surface area (Å²) in [5.41, 5.74) is 1.39. The second-order valence-electron chi connectivity index (χ2n) is 4.86. The quantitative estimate of drug-likeness (QED) is 0.793. The number of carbonyl (C=O) groups is 1. The lowest BCUT2D eigenvalue weighted by Gasteiger charge is -2.31.